The first kappa shape index (κ1) is 15.4. The Hall–Kier alpha value is -2.95. The van der Waals surface area contributed by atoms with Gasteiger partial charge in [-0.05, 0) is 24.6 Å². The largest absolute Gasteiger partial charge is 0.397 e. The fourth-order valence-corrected chi connectivity index (χ4v) is 2.12. The highest BCUT2D eigenvalue weighted by molar-refractivity contribution is 6.26. The van der Waals surface area contributed by atoms with Crippen LogP contribution in [0.25, 0.3) is 0 Å². The molecule has 0 spiro atoms. The third-order valence-electron chi connectivity index (χ3n) is 3.26. The lowest BCUT2D eigenvalue weighted by molar-refractivity contribution is -0.127. The monoisotopic (exact) mass is 295 g/mol. The van der Waals surface area contributed by atoms with E-state index in [4.69, 9.17) is 11.1 Å². The van der Waals surface area contributed by atoms with Crippen molar-refractivity contribution in [2.24, 2.45) is 5.92 Å². The zero-order chi connectivity index (χ0) is 16.1. The lowest BCUT2D eigenvalue weighted by Crippen LogP contribution is -2.35. The number of nitrogen functional groups attached to an aromatic ring is 1. The molecule has 0 fully saturated rings. The van der Waals surface area contributed by atoms with Gasteiger partial charge in [-0.1, -0.05) is 42.5 Å². The summed E-state index contributed by atoms with van der Waals surface area (Å²) in [6, 6.07) is 15.5. The highest BCUT2D eigenvalue weighted by atomic mass is 16.2. The smallest absolute Gasteiger partial charge is 0.241 e. The Kier molecular flexibility index (Phi) is 4.68. The lowest BCUT2D eigenvalue weighted by atomic mass is 9.92. The molecule has 0 aliphatic rings. The second kappa shape index (κ2) is 6.67. The Morgan fingerprint density at radius 2 is 1.64 bits per heavy atom. The minimum absolute atomic E-state index is 0.0277. The Labute approximate surface area is 128 Å². The molecule has 0 bridgehead atoms. The first-order valence-corrected chi connectivity index (χ1v) is 6.80. The standard InChI is InChI=1S/C17H17N3O2/c1-11(21)15(16(19)12-7-3-2-4-8-12)17(22)20-14-10-6-5-9-13(14)18/h2-10,15,19H,18H2,1H3,(H,20,22). The Morgan fingerprint density at radius 3 is 2.23 bits per heavy atom. The summed E-state index contributed by atoms with van der Waals surface area (Å²) >= 11 is 0. The van der Waals surface area contributed by atoms with Crippen molar-refractivity contribution < 1.29 is 9.59 Å². The number of Topliss-reactive ketones (excluding diaryl/α,β-unsaturated/α-hetero) is 1. The van der Waals surface area contributed by atoms with E-state index in [0.717, 1.165) is 0 Å². The van der Waals surface area contributed by atoms with Crippen LogP contribution in [0, 0.1) is 11.3 Å². The van der Waals surface area contributed by atoms with Gasteiger partial charge in [0.1, 0.15) is 11.7 Å². The van der Waals surface area contributed by atoms with Gasteiger partial charge in [0.05, 0.1) is 17.1 Å². The molecule has 0 heterocycles. The molecule has 112 valence electrons. The van der Waals surface area contributed by atoms with E-state index in [1.54, 1.807) is 48.5 Å². The van der Waals surface area contributed by atoms with Crippen LogP contribution in [0.4, 0.5) is 11.4 Å². The van der Waals surface area contributed by atoms with Crippen LogP contribution in [0.5, 0.6) is 0 Å². The molecule has 0 aliphatic carbocycles. The van der Waals surface area contributed by atoms with Crippen LogP contribution in [0.3, 0.4) is 0 Å². The average Bonchev–Trinajstić information content (AvgIpc) is 2.50. The molecule has 1 atom stereocenters. The molecule has 0 saturated carbocycles. The molecular weight excluding hydrogens is 278 g/mol. The normalized spacial score (nSPS) is 11.5. The van der Waals surface area contributed by atoms with Gasteiger partial charge in [-0.25, -0.2) is 0 Å². The number of anilines is 2. The highest BCUT2D eigenvalue weighted by Crippen LogP contribution is 2.19. The van der Waals surface area contributed by atoms with Crippen LogP contribution < -0.4 is 11.1 Å². The number of nitrogens with one attached hydrogen (secondary N) is 2. The van der Waals surface area contributed by atoms with Crippen LogP contribution >= 0.6 is 0 Å². The van der Waals surface area contributed by atoms with E-state index in [-0.39, 0.29) is 11.5 Å². The maximum absolute atomic E-state index is 12.4. The van der Waals surface area contributed by atoms with Crippen molar-refractivity contribution in [3.63, 3.8) is 0 Å². The predicted molar refractivity (Wildman–Crippen MR) is 86.9 cm³/mol. The van der Waals surface area contributed by atoms with Gasteiger partial charge >= 0.3 is 0 Å². The summed E-state index contributed by atoms with van der Waals surface area (Å²) in [5.74, 6) is -2.11. The highest BCUT2D eigenvalue weighted by Gasteiger charge is 2.29. The van der Waals surface area contributed by atoms with Crippen molar-refractivity contribution in [2.75, 3.05) is 11.1 Å². The quantitative estimate of drug-likeness (QED) is 0.449. The van der Waals surface area contributed by atoms with Gasteiger partial charge in [-0.15, -0.1) is 0 Å². The SMILES string of the molecule is CC(=O)C(C(=N)c1ccccc1)C(=O)Nc1ccccc1N. The minimum atomic E-state index is -1.16. The van der Waals surface area contributed by atoms with Gasteiger partial charge in [0.15, 0.2) is 0 Å². The third-order valence-corrected chi connectivity index (χ3v) is 3.26. The molecule has 4 N–H and O–H groups in total. The zero-order valence-corrected chi connectivity index (χ0v) is 12.2. The van der Waals surface area contributed by atoms with Crippen LogP contribution in [0.15, 0.2) is 54.6 Å². The van der Waals surface area contributed by atoms with E-state index < -0.39 is 11.8 Å². The number of ketones is 1. The molecule has 0 radical (unpaired) electrons. The Bertz CT molecular complexity index is 711. The van der Waals surface area contributed by atoms with E-state index in [1.165, 1.54) is 6.92 Å². The van der Waals surface area contributed by atoms with Crippen LogP contribution in [0.1, 0.15) is 12.5 Å². The van der Waals surface area contributed by atoms with Gasteiger partial charge in [0.25, 0.3) is 0 Å². The molecule has 22 heavy (non-hydrogen) atoms. The number of rotatable bonds is 5. The maximum atomic E-state index is 12.4. The topological polar surface area (TPSA) is 96.0 Å². The zero-order valence-electron chi connectivity index (χ0n) is 12.2. The van der Waals surface area contributed by atoms with E-state index in [9.17, 15) is 9.59 Å². The second-order valence-corrected chi connectivity index (χ2v) is 4.90. The molecule has 0 aromatic heterocycles. The summed E-state index contributed by atoms with van der Waals surface area (Å²) in [4.78, 5) is 24.2. The van der Waals surface area contributed by atoms with Crippen molar-refractivity contribution in [2.45, 2.75) is 6.92 Å². The lowest BCUT2D eigenvalue weighted by Gasteiger charge is -2.16. The van der Waals surface area contributed by atoms with Gasteiger partial charge in [-0.3, -0.25) is 9.59 Å². The second-order valence-electron chi connectivity index (χ2n) is 4.90. The van der Waals surface area contributed by atoms with E-state index >= 15 is 0 Å². The Balaban J connectivity index is 2.25. The summed E-state index contributed by atoms with van der Waals surface area (Å²) in [6.45, 7) is 1.30. The molecular formula is C17H17N3O2. The number of amides is 1. The number of carbonyl (C=O) groups is 2. The van der Waals surface area contributed by atoms with Crippen LogP contribution in [-0.4, -0.2) is 17.4 Å². The van der Waals surface area contributed by atoms with Crippen molar-refractivity contribution >= 4 is 28.8 Å². The fraction of sp³-hybridized carbons (Fsp3) is 0.118. The van der Waals surface area contributed by atoms with Crippen LogP contribution in [-0.2, 0) is 9.59 Å². The fourth-order valence-electron chi connectivity index (χ4n) is 2.12. The number of hydrogen-bond donors (Lipinski definition) is 3. The summed E-state index contributed by atoms with van der Waals surface area (Å²) in [7, 11) is 0. The molecule has 2 aromatic carbocycles. The number of nitrogens with two attached hydrogens (primary N) is 1. The van der Waals surface area contributed by atoms with E-state index in [2.05, 4.69) is 5.32 Å². The van der Waals surface area contributed by atoms with Crippen LogP contribution in [0.2, 0.25) is 0 Å². The number of benzene rings is 2. The molecule has 5 heteroatoms. The first-order chi connectivity index (χ1) is 10.5. The van der Waals surface area contributed by atoms with E-state index in [0.29, 0.717) is 16.9 Å². The Morgan fingerprint density at radius 1 is 1.05 bits per heavy atom. The predicted octanol–water partition coefficient (Wildman–Crippen LogP) is 2.48. The summed E-state index contributed by atoms with van der Waals surface area (Å²) < 4.78 is 0. The maximum Gasteiger partial charge on any atom is 0.241 e. The molecule has 1 unspecified atom stereocenters. The molecule has 2 rings (SSSR count). The average molecular weight is 295 g/mol. The third kappa shape index (κ3) is 3.38. The number of hydrogen-bond acceptors (Lipinski definition) is 4. The van der Waals surface area contributed by atoms with Crippen molar-refractivity contribution in [1.29, 1.82) is 5.41 Å². The van der Waals surface area contributed by atoms with Gasteiger partial charge < -0.3 is 16.5 Å². The number of carbonyl (C=O) groups excluding carboxylic acids is 2. The van der Waals surface area contributed by atoms with Crippen molar-refractivity contribution in [3.8, 4) is 0 Å². The van der Waals surface area contributed by atoms with Crippen molar-refractivity contribution in [1.82, 2.24) is 0 Å². The van der Waals surface area contributed by atoms with Gasteiger partial charge in [0.2, 0.25) is 5.91 Å². The summed E-state index contributed by atoms with van der Waals surface area (Å²) in [5.41, 5.74) is 7.13. The molecule has 0 aliphatic heterocycles. The minimum Gasteiger partial charge on any atom is -0.397 e. The first-order valence-electron chi connectivity index (χ1n) is 6.80. The summed E-state index contributed by atoms with van der Waals surface area (Å²) in [5, 5.41) is 10.8. The van der Waals surface area contributed by atoms with Gasteiger partial charge in [0, 0.05) is 0 Å². The summed E-state index contributed by atoms with van der Waals surface area (Å²) in [6.07, 6.45) is 0. The molecule has 1 amide bonds. The number of para-hydroxylation sites is 2. The van der Waals surface area contributed by atoms with Gasteiger partial charge in [-0.2, -0.15) is 0 Å². The molecule has 5 nitrogen and oxygen atoms in total. The van der Waals surface area contributed by atoms with Crippen molar-refractivity contribution in [3.05, 3.63) is 60.2 Å². The molecule has 2 aromatic rings. The van der Waals surface area contributed by atoms with E-state index in [1.807, 2.05) is 6.07 Å². The molecule has 0 saturated heterocycles.